The molecule has 5 heteroatoms. The molecule has 0 unspecified atom stereocenters. The Hall–Kier alpha value is -1.65. The first-order chi connectivity index (χ1) is 5.61. The van der Waals surface area contributed by atoms with E-state index in [1.54, 1.807) is 14.1 Å². The van der Waals surface area contributed by atoms with Crippen molar-refractivity contribution in [3.05, 3.63) is 18.0 Å². The van der Waals surface area contributed by atoms with Crippen LogP contribution in [0.2, 0.25) is 0 Å². The summed E-state index contributed by atoms with van der Waals surface area (Å²) in [5.41, 5.74) is 5.62. The van der Waals surface area contributed by atoms with Gasteiger partial charge in [0.05, 0.1) is 0 Å². The molecule has 0 spiro atoms. The van der Waals surface area contributed by atoms with Crippen molar-refractivity contribution in [3.63, 3.8) is 0 Å². The number of amides is 1. The summed E-state index contributed by atoms with van der Waals surface area (Å²) < 4.78 is 0. The van der Waals surface area contributed by atoms with Crippen molar-refractivity contribution in [2.24, 2.45) is 0 Å². The molecule has 1 amide bonds. The second-order valence-corrected chi connectivity index (χ2v) is 2.50. The van der Waals surface area contributed by atoms with Gasteiger partial charge in [-0.1, -0.05) is 0 Å². The molecule has 0 radical (unpaired) electrons. The maximum Gasteiger partial charge on any atom is 0.272 e. The monoisotopic (exact) mass is 166 g/mol. The molecule has 2 N–H and O–H groups in total. The van der Waals surface area contributed by atoms with Crippen molar-refractivity contribution in [1.29, 1.82) is 0 Å². The van der Waals surface area contributed by atoms with E-state index in [9.17, 15) is 4.79 Å². The van der Waals surface area contributed by atoms with E-state index in [0.717, 1.165) is 0 Å². The summed E-state index contributed by atoms with van der Waals surface area (Å²) in [5.74, 6) is -0.0631. The molecule has 1 rings (SSSR count). The summed E-state index contributed by atoms with van der Waals surface area (Å²) in [6.45, 7) is 0. The lowest BCUT2D eigenvalue weighted by atomic mass is 10.4. The number of carbonyl (C=O) groups is 1. The summed E-state index contributed by atoms with van der Waals surface area (Å²) >= 11 is 0. The number of carbonyl (C=O) groups excluding carboxylic acids is 1. The molecule has 0 saturated heterocycles. The van der Waals surface area contributed by atoms with Crippen LogP contribution in [0.15, 0.2) is 12.3 Å². The zero-order valence-electron chi connectivity index (χ0n) is 6.98. The maximum atomic E-state index is 11.3. The van der Waals surface area contributed by atoms with Crippen LogP contribution in [0.4, 0.5) is 5.95 Å². The van der Waals surface area contributed by atoms with Crippen LogP contribution in [0.1, 0.15) is 10.5 Å². The zero-order valence-corrected chi connectivity index (χ0v) is 6.98. The van der Waals surface area contributed by atoms with Crippen molar-refractivity contribution >= 4 is 11.9 Å². The van der Waals surface area contributed by atoms with Gasteiger partial charge in [-0.3, -0.25) is 4.79 Å². The fourth-order valence-electron chi connectivity index (χ4n) is 0.722. The Balaban J connectivity index is 2.96. The minimum Gasteiger partial charge on any atom is -0.368 e. The highest BCUT2D eigenvalue weighted by atomic mass is 16.2. The predicted molar refractivity (Wildman–Crippen MR) is 44.5 cm³/mol. The first kappa shape index (κ1) is 8.45. The molecule has 0 aliphatic carbocycles. The Labute approximate surface area is 70.2 Å². The molecule has 0 saturated carbocycles. The van der Waals surface area contributed by atoms with Crippen LogP contribution in [0, 0.1) is 0 Å². The van der Waals surface area contributed by atoms with Crippen LogP contribution in [-0.2, 0) is 0 Å². The third-order valence-electron chi connectivity index (χ3n) is 1.30. The van der Waals surface area contributed by atoms with Crippen LogP contribution in [0.5, 0.6) is 0 Å². The summed E-state index contributed by atoms with van der Waals surface area (Å²) in [4.78, 5) is 20.2. The predicted octanol–water partition coefficient (Wildman–Crippen LogP) is -0.239. The van der Waals surface area contributed by atoms with Gasteiger partial charge in [0.2, 0.25) is 5.95 Å². The van der Waals surface area contributed by atoms with Crippen LogP contribution in [0.25, 0.3) is 0 Å². The van der Waals surface area contributed by atoms with Crippen LogP contribution in [-0.4, -0.2) is 34.9 Å². The molecular weight excluding hydrogens is 156 g/mol. The number of rotatable bonds is 1. The molecule has 0 aliphatic rings. The fraction of sp³-hybridized carbons (Fsp3) is 0.286. The third kappa shape index (κ3) is 1.69. The van der Waals surface area contributed by atoms with Gasteiger partial charge < -0.3 is 10.6 Å². The van der Waals surface area contributed by atoms with Gasteiger partial charge >= 0.3 is 0 Å². The molecule has 0 bridgehead atoms. The van der Waals surface area contributed by atoms with Crippen LogP contribution >= 0.6 is 0 Å². The Morgan fingerprint density at radius 3 is 2.75 bits per heavy atom. The number of nitrogens with two attached hydrogens (primary N) is 1. The van der Waals surface area contributed by atoms with Gasteiger partial charge in [-0.2, -0.15) is 0 Å². The van der Waals surface area contributed by atoms with Crippen LogP contribution < -0.4 is 5.73 Å². The van der Waals surface area contributed by atoms with E-state index in [-0.39, 0.29) is 11.9 Å². The average molecular weight is 166 g/mol. The highest BCUT2D eigenvalue weighted by Gasteiger charge is 2.08. The number of nitrogen functional groups attached to an aromatic ring is 1. The van der Waals surface area contributed by atoms with Gasteiger partial charge in [0.15, 0.2) is 0 Å². The van der Waals surface area contributed by atoms with Gasteiger partial charge in [-0.15, -0.1) is 0 Å². The van der Waals surface area contributed by atoms with Crippen molar-refractivity contribution in [2.45, 2.75) is 0 Å². The SMILES string of the molecule is CN(C)C(=O)c1ccnc(N)n1. The van der Waals surface area contributed by atoms with E-state index >= 15 is 0 Å². The highest BCUT2D eigenvalue weighted by molar-refractivity contribution is 5.92. The van der Waals surface area contributed by atoms with E-state index in [4.69, 9.17) is 5.73 Å². The molecule has 1 heterocycles. The smallest absolute Gasteiger partial charge is 0.272 e. The van der Waals surface area contributed by atoms with Crippen molar-refractivity contribution in [1.82, 2.24) is 14.9 Å². The minimum atomic E-state index is -0.177. The van der Waals surface area contributed by atoms with Crippen molar-refractivity contribution in [2.75, 3.05) is 19.8 Å². The van der Waals surface area contributed by atoms with E-state index in [1.807, 2.05) is 0 Å². The molecule has 0 aromatic carbocycles. The summed E-state index contributed by atoms with van der Waals surface area (Å²) in [6.07, 6.45) is 1.46. The summed E-state index contributed by atoms with van der Waals surface area (Å²) in [5, 5.41) is 0. The van der Waals surface area contributed by atoms with E-state index in [0.29, 0.717) is 5.69 Å². The molecule has 0 aliphatic heterocycles. The lowest BCUT2D eigenvalue weighted by molar-refractivity contribution is 0.0822. The van der Waals surface area contributed by atoms with Crippen molar-refractivity contribution in [3.8, 4) is 0 Å². The number of hydrogen-bond donors (Lipinski definition) is 1. The number of nitrogens with zero attached hydrogens (tertiary/aromatic N) is 3. The quantitative estimate of drug-likeness (QED) is 0.625. The molecular formula is C7H10N4O. The number of aromatic nitrogens is 2. The molecule has 5 nitrogen and oxygen atoms in total. The minimum absolute atomic E-state index is 0.114. The van der Waals surface area contributed by atoms with Gasteiger partial charge in [-0.05, 0) is 6.07 Å². The molecule has 0 atom stereocenters. The first-order valence-electron chi connectivity index (χ1n) is 3.41. The van der Waals surface area contributed by atoms with E-state index in [1.165, 1.54) is 17.2 Å². The first-order valence-corrected chi connectivity index (χ1v) is 3.41. The molecule has 1 aromatic heterocycles. The van der Waals surface area contributed by atoms with Crippen LogP contribution in [0.3, 0.4) is 0 Å². The number of anilines is 1. The average Bonchev–Trinajstić information content (AvgIpc) is 2.03. The molecule has 0 fully saturated rings. The Bertz CT molecular complexity index is 297. The standard InChI is InChI=1S/C7H10N4O/c1-11(2)6(12)5-3-4-9-7(8)10-5/h3-4H,1-2H3,(H2,8,9,10). The Morgan fingerprint density at radius 2 is 2.25 bits per heavy atom. The summed E-state index contributed by atoms with van der Waals surface area (Å²) in [7, 11) is 3.31. The maximum absolute atomic E-state index is 11.3. The van der Waals surface area contributed by atoms with Gasteiger partial charge in [0, 0.05) is 20.3 Å². The largest absolute Gasteiger partial charge is 0.368 e. The zero-order chi connectivity index (χ0) is 9.14. The molecule has 12 heavy (non-hydrogen) atoms. The van der Waals surface area contributed by atoms with Gasteiger partial charge in [-0.25, -0.2) is 9.97 Å². The van der Waals surface area contributed by atoms with E-state index < -0.39 is 0 Å². The molecule has 64 valence electrons. The highest BCUT2D eigenvalue weighted by Crippen LogP contribution is 1.98. The fourth-order valence-corrected chi connectivity index (χ4v) is 0.722. The third-order valence-corrected chi connectivity index (χ3v) is 1.30. The summed E-state index contributed by atoms with van der Waals surface area (Å²) in [6, 6.07) is 1.53. The Morgan fingerprint density at radius 1 is 1.58 bits per heavy atom. The van der Waals surface area contributed by atoms with Gasteiger partial charge in [0.25, 0.3) is 5.91 Å². The lowest BCUT2D eigenvalue weighted by Crippen LogP contribution is -2.23. The van der Waals surface area contributed by atoms with Crippen molar-refractivity contribution < 1.29 is 4.79 Å². The second kappa shape index (κ2) is 3.17. The lowest BCUT2D eigenvalue weighted by Gasteiger charge is -2.08. The Kier molecular flexibility index (Phi) is 2.23. The van der Waals surface area contributed by atoms with E-state index in [2.05, 4.69) is 9.97 Å². The molecule has 1 aromatic rings. The topological polar surface area (TPSA) is 72.1 Å². The number of hydrogen-bond acceptors (Lipinski definition) is 4. The second-order valence-electron chi connectivity index (χ2n) is 2.50. The normalized spacial score (nSPS) is 9.50. The van der Waals surface area contributed by atoms with Gasteiger partial charge in [0.1, 0.15) is 5.69 Å².